The van der Waals surface area contributed by atoms with Gasteiger partial charge in [0.1, 0.15) is 23.3 Å². The van der Waals surface area contributed by atoms with Gasteiger partial charge in [-0.15, -0.1) is 0 Å². The average molecular weight is 229 g/mol. The number of hydrogen-bond acceptors (Lipinski definition) is 4. The summed E-state index contributed by atoms with van der Waals surface area (Å²) in [5.74, 6) is 0.459. The van der Waals surface area contributed by atoms with Crippen molar-refractivity contribution in [3.63, 3.8) is 0 Å². The highest BCUT2D eigenvalue weighted by Crippen LogP contribution is 2.09. The molecular weight excluding hydrogens is 216 g/mol. The molecule has 82 valence electrons. The maximum Gasteiger partial charge on any atom is 0.242 e. The van der Waals surface area contributed by atoms with Gasteiger partial charge in [0.05, 0.1) is 0 Å². The van der Waals surface area contributed by atoms with E-state index in [1.54, 1.807) is 13.0 Å². The van der Waals surface area contributed by atoms with Crippen LogP contribution in [0.4, 0.5) is 5.82 Å². The zero-order chi connectivity index (χ0) is 11.3. The molecule has 1 aromatic rings. The first-order chi connectivity index (χ1) is 7.13. The predicted molar refractivity (Wildman–Crippen MR) is 58.8 cm³/mol. The van der Waals surface area contributed by atoms with Crippen LogP contribution in [-0.4, -0.2) is 28.5 Å². The van der Waals surface area contributed by atoms with Crippen molar-refractivity contribution in [3.8, 4) is 0 Å². The van der Waals surface area contributed by atoms with Gasteiger partial charge in [-0.05, 0) is 13.8 Å². The zero-order valence-electron chi connectivity index (χ0n) is 8.62. The SMILES string of the molecule is CCNC(=O)C(C)Nc1cc(Cl)ncn1. The van der Waals surface area contributed by atoms with Crippen LogP contribution in [0.1, 0.15) is 13.8 Å². The second kappa shape index (κ2) is 5.50. The first-order valence-corrected chi connectivity index (χ1v) is 5.03. The molecule has 0 spiro atoms. The Morgan fingerprint density at radius 2 is 2.33 bits per heavy atom. The minimum absolute atomic E-state index is 0.0766. The molecule has 0 radical (unpaired) electrons. The van der Waals surface area contributed by atoms with E-state index in [0.29, 0.717) is 17.5 Å². The Morgan fingerprint density at radius 3 is 2.93 bits per heavy atom. The standard InChI is InChI=1S/C9H13ClN4O/c1-3-11-9(15)6(2)14-8-4-7(10)12-5-13-8/h4-6H,3H2,1-2H3,(H,11,15)(H,12,13,14). The highest BCUT2D eigenvalue weighted by molar-refractivity contribution is 6.29. The molecule has 1 heterocycles. The second-order valence-electron chi connectivity index (χ2n) is 2.99. The lowest BCUT2D eigenvalue weighted by Crippen LogP contribution is -2.37. The van der Waals surface area contributed by atoms with Crippen LogP contribution in [-0.2, 0) is 4.79 Å². The number of anilines is 1. The fourth-order valence-corrected chi connectivity index (χ4v) is 1.17. The van der Waals surface area contributed by atoms with E-state index >= 15 is 0 Å². The summed E-state index contributed by atoms with van der Waals surface area (Å²) in [6.45, 7) is 4.22. The van der Waals surface area contributed by atoms with Gasteiger partial charge in [-0.1, -0.05) is 11.6 Å². The van der Waals surface area contributed by atoms with Gasteiger partial charge >= 0.3 is 0 Å². The van der Waals surface area contributed by atoms with Crippen molar-refractivity contribution in [1.29, 1.82) is 0 Å². The van der Waals surface area contributed by atoms with Crippen LogP contribution >= 0.6 is 11.6 Å². The van der Waals surface area contributed by atoms with Gasteiger partial charge in [-0.3, -0.25) is 4.79 Å². The van der Waals surface area contributed by atoms with Gasteiger partial charge in [-0.2, -0.15) is 0 Å². The molecule has 2 N–H and O–H groups in total. The van der Waals surface area contributed by atoms with Crippen LogP contribution in [0.2, 0.25) is 5.15 Å². The number of aromatic nitrogens is 2. The Hall–Kier alpha value is -1.36. The summed E-state index contributed by atoms with van der Waals surface area (Å²) in [6.07, 6.45) is 1.34. The number of carbonyl (C=O) groups excluding carboxylic acids is 1. The molecule has 0 saturated heterocycles. The summed E-state index contributed by atoms with van der Waals surface area (Å²) in [6, 6.07) is 1.22. The Kier molecular flexibility index (Phi) is 4.30. The van der Waals surface area contributed by atoms with Gasteiger partial charge in [0, 0.05) is 12.6 Å². The van der Waals surface area contributed by atoms with Crippen LogP contribution in [0.15, 0.2) is 12.4 Å². The Balaban J connectivity index is 2.58. The van der Waals surface area contributed by atoms with Crippen molar-refractivity contribution in [2.24, 2.45) is 0 Å². The van der Waals surface area contributed by atoms with E-state index < -0.39 is 0 Å². The summed E-state index contributed by atoms with van der Waals surface area (Å²) in [7, 11) is 0. The Labute approximate surface area is 93.3 Å². The quantitative estimate of drug-likeness (QED) is 0.757. The molecule has 1 atom stereocenters. The van der Waals surface area contributed by atoms with E-state index in [2.05, 4.69) is 20.6 Å². The summed E-state index contributed by atoms with van der Waals surface area (Å²) in [5.41, 5.74) is 0. The van der Waals surface area contributed by atoms with E-state index in [0.717, 1.165) is 0 Å². The molecule has 0 aliphatic heterocycles. The van der Waals surface area contributed by atoms with Crippen molar-refractivity contribution in [3.05, 3.63) is 17.5 Å². The monoisotopic (exact) mass is 228 g/mol. The van der Waals surface area contributed by atoms with Gasteiger partial charge in [0.25, 0.3) is 0 Å². The zero-order valence-corrected chi connectivity index (χ0v) is 9.38. The van der Waals surface area contributed by atoms with E-state index in [-0.39, 0.29) is 11.9 Å². The van der Waals surface area contributed by atoms with Crippen LogP contribution < -0.4 is 10.6 Å². The maximum atomic E-state index is 11.4. The molecule has 0 saturated carbocycles. The van der Waals surface area contributed by atoms with Crippen LogP contribution in [0.3, 0.4) is 0 Å². The molecule has 0 aromatic carbocycles. The fraction of sp³-hybridized carbons (Fsp3) is 0.444. The maximum absolute atomic E-state index is 11.4. The lowest BCUT2D eigenvalue weighted by atomic mass is 10.3. The van der Waals surface area contributed by atoms with Crippen molar-refractivity contribution >= 4 is 23.3 Å². The smallest absolute Gasteiger partial charge is 0.242 e. The van der Waals surface area contributed by atoms with Crippen LogP contribution in [0.25, 0.3) is 0 Å². The molecule has 15 heavy (non-hydrogen) atoms. The highest BCUT2D eigenvalue weighted by Gasteiger charge is 2.11. The average Bonchev–Trinajstić information content (AvgIpc) is 2.18. The number of nitrogens with zero attached hydrogens (tertiary/aromatic N) is 2. The molecular formula is C9H13ClN4O. The molecule has 0 fully saturated rings. The third-order valence-electron chi connectivity index (χ3n) is 1.74. The second-order valence-corrected chi connectivity index (χ2v) is 3.37. The summed E-state index contributed by atoms with van der Waals surface area (Å²) >= 11 is 5.68. The normalized spacial score (nSPS) is 11.9. The molecule has 5 nitrogen and oxygen atoms in total. The van der Waals surface area contributed by atoms with Gasteiger partial charge < -0.3 is 10.6 Å². The number of amides is 1. The number of halogens is 1. The highest BCUT2D eigenvalue weighted by atomic mass is 35.5. The van der Waals surface area contributed by atoms with E-state index in [9.17, 15) is 4.79 Å². The van der Waals surface area contributed by atoms with Crippen LogP contribution in [0, 0.1) is 0 Å². The third-order valence-corrected chi connectivity index (χ3v) is 1.95. The first-order valence-electron chi connectivity index (χ1n) is 4.65. The topological polar surface area (TPSA) is 66.9 Å². The fourth-order valence-electron chi connectivity index (χ4n) is 1.03. The lowest BCUT2D eigenvalue weighted by Gasteiger charge is -2.13. The van der Waals surface area contributed by atoms with Gasteiger partial charge in [0.15, 0.2) is 0 Å². The van der Waals surface area contributed by atoms with Gasteiger partial charge in [-0.25, -0.2) is 9.97 Å². The van der Waals surface area contributed by atoms with E-state index in [1.165, 1.54) is 6.33 Å². The third kappa shape index (κ3) is 3.71. The molecule has 1 amide bonds. The summed E-state index contributed by atoms with van der Waals surface area (Å²) < 4.78 is 0. The molecule has 1 rings (SSSR count). The molecule has 0 aliphatic carbocycles. The van der Waals surface area contributed by atoms with Gasteiger partial charge in [0.2, 0.25) is 5.91 Å². The molecule has 6 heteroatoms. The number of hydrogen-bond donors (Lipinski definition) is 2. The lowest BCUT2D eigenvalue weighted by molar-refractivity contribution is -0.121. The number of rotatable bonds is 4. The summed E-state index contributed by atoms with van der Waals surface area (Å²) in [5, 5.41) is 5.97. The predicted octanol–water partition coefficient (Wildman–Crippen LogP) is 1.07. The van der Waals surface area contributed by atoms with Crippen molar-refractivity contribution in [2.45, 2.75) is 19.9 Å². The van der Waals surface area contributed by atoms with Crippen molar-refractivity contribution in [1.82, 2.24) is 15.3 Å². The van der Waals surface area contributed by atoms with E-state index in [4.69, 9.17) is 11.6 Å². The first kappa shape index (κ1) is 11.7. The molecule has 1 aromatic heterocycles. The van der Waals surface area contributed by atoms with Crippen molar-refractivity contribution < 1.29 is 4.79 Å². The number of likely N-dealkylation sites (N-methyl/N-ethyl adjacent to an activating group) is 1. The van der Waals surface area contributed by atoms with E-state index in [1.807, 2.05) is 6.92 Å². The minimum Gasteiger partial charge on any atom is -0.358 e. The number of nitrogens with one attached hydrogen (secondary N) is 2. The number of carbonyl (C=O) groups is 1. The summed E-state index contributed by atoms with van der Waals surface area (Å²) in [4.78, 5) is 19.1. The molecule has 1 unspecified atom stereocenters. The Morgan fingerprint density at radius 1 is 1.60 bits per heavy atom. The van der Waals surface area contributed by atoms with Crippen LogP contribution in [0.5, 0.6) is 0 Å². The molecule has 0 aliphatic rings. The largest absolute Gasteiger partial charge is 0.358 e. The Bertz CT molecular complexity index is 345. The van der Waals surface area contributed by atoms with Crippen molar-refractivity contribution in [2.75, 3.05) is 11.9 Å². The minimum atomic E-state index is -0.351. The molecule has 0 bridgehead atoms.